The number of aromatic nitrogens is 2. The van der Waals surface area contributed by atoms with E-state index in [-0.39, 0.29) is 17.5 Å². The Morgan fingerprint density at radius 1 is 1.33 bits per heavy atom. The van der Waals surface area contributed by atoms with E-state index < -0.39 is 6.09 Å². The second-order valence-corrected chi connectivity index (χ2v) is 9.24. The van der Waals surface area contributed by atoms with Gasteiger partial charge in [0.05, 0.1) is 34.0 Å². The summed E-state index contributed by atoms with van der Waals surface area (Å²) in [6.07, 6.45) is 1.28. The number of nitrogens with one attached hydrogen (secondary N) is 2. The Bertz CT molecular complexity index is 934. The van der Waals surface area contributed by atoms with Gasteiger partial charge in [0.15, 0.2) is 5.82 Å². The molecule has 1 aliphatic heterocycles. The Morgan fingerprint density at radius 2 is 2.07 bits per heavy atom. The Kier molecular flexibility index (Phi) is 6.47. The number of rotatable bonds is 5. The standard InChI is InChI=1S/C20H26Cl2N6O2/c1-20(2,3)16-15(6-7-28(16)19(29)30)26-17-14(23)10-25-18(27-17)24-9-11-4-5-12(21)13(22)8-11/h4-5,8,10,15-16H,6-7,9,23H2,1-3H3,(H,29,30)(H2,24,25,26,27)/t15-,16?/m1/s1. The van der Waals surface area contributed by atoms with E-state index in [4.69, 9.17) is 28.9 Å². The van der Waals surface area contributed by atoms with Crippen molar-refractivity contribution in [1.82, 2.24) is 14.9 Å². The molecule has 1 aromatic carbocycles. The van der Waals surface area contributed by atoms with Gasteiger partial charge in [0.25, 0.3) is 0 Å². The van der Waals surface area contributed by atoms with Crippen LogP contribution in [0.5, 0.6) is 0 Å². The lowest BCUT2D eigenvalue weighted by molar-refractivity contribution is 0.103. The number of nitrogens with zero attached hydrogens (tertiary/aromatic N) is 3. The Morgan fingerprint density at radius 3 is 2.70 bits per heavy atom. The second-order valence-electron chi connectivity index (χ2n) is 8.43. The predicted octanol–water partition coefficient (Wildman–Crippen LogP) is 4.56. The summed E-state index contributed by atoms with van der Waals surface area (Å²) in [5.41, 5.74) is 7.17. The number of nitrogens with two attached hydrogens (primary N) is 1. The highest BCUT2D eigenvalue weighted by Crippen LogP contribution is 2.35. The highest BCUT2D eigenvalue weighted by atomic mass is 35.5. The Balaban J connectivity index is 1.75. The first kappa shape index (κ1) is 22.2. The molecule has 0 spiro atoms. The van der Waals surface area contributed by atoms with Crippen molar-refractivity contribution in [3.8, 4) is 0 Å². The van der Waals surface area contributed by atoms with E-state index in [9.17, 15) is 9.90 Å². The quantitative estimate of drug-likeness (QED) is 0.525. The summed E-state index contributed by atoms with van der Waals surface area (Å²) in [6, 6.07) is 5.06. The van der Waals surface area contributed by atoms with Gasteiger partial charge in [-0.1, -0.05) is 50.0 Å². The van der Waals surface area contributed by atoms with Crippen molar-refractivity contribution in [2.45, 2.75) is 45.8 Å². The van der Waals surface area contributed by atoms with Crippen molar-refractivity contribution in [1.29, 1.82) is 0 Å². The molecule has 2 aromatic rings. The summed E-state index contributed by atoms with van der Waals surface area (Å²) < 4.78 is 0. The minimum absolute atomic E-state index is 0.110. The van der Waals surface area contributed by atoms with Gasteiger partial charge in [-0.2, -0.15) is 4.98 Å². The Labute approximate surface area is 185 Å². The van der Waals surface area contributed by atoms with Gasteiger partial charge in [0.1, 0.15) is 0 Å². The van der Waals surface area contributed by atoms with E-state index in [1.165, 1.54) is 11.1 Å². The molecule has 8 nitrogen and oxygen atoms in total. The first-order chi connectivity index (χ1) is 14.1. The summed E-state index contributed by atoms with van der Waals surface area (Å²) in [5, 5.41) is 17.0. The van der Waals surface area contributed by atoms with E-state index in [1.807, 2.05) is 26.8 Å². The van der Waals surface area contributed by atoms with Crippen LogP contribution in [0.3, 0.4) is 0 Å². The fourth-order valence-electron chi connectivity index (χ4n) is 3.83. The smallest absolute Gasteiger partial charge is 0.407 e. The van der Waals surface area contributed by atoms with E-state index in [1.54, 1.807) is 12.1 Å². The molecule has 162 valence electrons. The molecular weight excluding hydrogens is 427 g/mol. The van der Waals surface area contributed by atoms with Gasteiger partial charge in [0, 0.05) is 13.1 Å². The van der Waals surface area contributed by atoms with Crippen LogP contribution < -0.4 is 16.4 Å². The van der Waals surface area contributed by atoms with Crippen LogP contribution in [0.1, 0.15) is 32.8 Å². The summed E-state index contributed by atoms with van der Waals surface area (Å²) in [4.78, 5) is 21.9. The van der Waals surface area contributed by atoms with Gasteiger partial charge in [0.2, 0.25) is 5.95 Å². The third-order valence-electron chi connectivity index (χ3n) is 5.10. The van der Waals surface area contributed by atoms with Crippen LogP contribution in [-0.4, -0.2) is 44.7 Å². The highest BCUT2D eigenvalue weighted by molar-refractivity contribution is 6.42. The fraction of sp³-hybridized carbons (Fsp3) is 0.450. The molecule has 10 heteroatoms. The SMILES string of the molecule is CC(C)(C)C1[C@H](Nc2nc(NCc3ccc(Cl)c(Cl)c3)ncc2N)CCN1C(=O)O. The van der Waals surface area contributed by atoms with Crippen molar-refractivity contribution >= 4 is 46.7 Å². The number of anilines is 3. The minimum Gasteiger partial charge on any atom is -0.465 e. The average molecular weight is 453 g/mol. The van der Waals surface area contributed by atoms with E-state index >= 15 is 0 Å². The first-order valence-electron chi connectivity index (χ1n) is 9.62. The van der Waals surface area contributed by atoms with Gasteiger partial charge in [-0.3, -0.25) is 0 Å². The van der Waals surface area contributed by atoms with Crippen LogP contribution in [0.15, 0.2) is 24.4 Å². The molecular formula is C20H26Cl2N6O2. The number of likely N-dealkylation sites (tertiary alicyclic amines) is 1. The molecule has 0 radical (unpaired) electrons. The predicted molar refractivity (Wildman–Crippen MR) is 120 cm³/mol. The average Bonchev–Trinajstić information content (AvgIpc) is 3.09. The molecule has 0 bridgehead atoms. The minimum atomic E-state index is -0.918. The highest BCUT2D eigenvalue weighted by Gasteiger charge is 2.44. The monoisotopic (exact) mass is 452 g/mol. The van der Waals surface area contributed by atoms with Crippen molar-refractivity contribution in [2.24, 2.45) is 5.41 Å². The number of nitrogen functional groups attached to an aromatic ring is 1. The molecule has 3 rings (SSSR count). The fourth-order valence-corrected chi connectivity index (χ4v) is 4.15. The number of hydrogen-bond donors (Lipinski definition) is 4. The number of carbonyl (C=O) groups is 1. The van der Waals surface area contributed by atoms with Crippen molar-refractivity contribution in [3.05, 3.63) is 40.0 Å². The van der Waals surface area contributed by atoms with Gasteiger partial charge >= 0.3 is 6.09 Å². The van der Waals surface area contributed by atoms with Crippen LogP contribution in [0.2, 0.25) is 10.0 Å². The normalized spacial score (nSPS) is 19.0. The van der Waals surface area contributed by atoms with Crippen molar-refractivity contribution in [3.63, 3.8) is 0 Å². The van der Waals surface area contributed by atoms with Crippen LogP contribution in [0.25, 0.3) is 0 Å². The summed E-state index contributed by atoms with van der Waals surface area (Å²) in [6.45, 7) is 7.01. The number of benzene rings is 1. The zero-order valence-electron chi connectivity index (χ0n) is 17.1. The lowest BCUT2D eigenvalue weighted by atomic mass is 9.82. The van der Waals surface area contributed by atoms with Gasteiger partial charge < -0.3 is 26.4 Å². The molecule has 1 aromatic heterocycles. The maximum Gasteiger partial charge on any atom is 0.407 e. The zero-order chi connectivity index (χ0) is 22.1. The molecule has 30 heavy (non-hydrogen) atoms. The van der Waals surface area contributed by atoms with Crippen LogP contribution in [0.4, 0.5) is 22.2 Å². The van der Waals surface area contributed by atoms with Crippen molar-refractivity contribution in [2.75, 3.05) is 22.9 Å². The zero-order valence-corrected chi connectivity index (χ0v) is 18.6. The largest absolute Gasteiger partial charge is 0.465 e. The molecule has 0 saturated carbocycles. The lowest BCUT2D eigenvalue weighted by Gasteiger charge is -2.37. The number of carboxylic acid groups (broad SMARTS) is 1. The number of halogens is 2. The lowest BCUT2D eigenvalue weighted by Crippen LogP contribution is -2.49. The topological polar surface area (TPSA) is 116 Å². The van der Waals surface area contributed by atoms with Crippen LogP contribution >= 0.6 is 23.2 Å². The third kappa shape index (κ3) is 4.99. The van der Waals surface area contributed by atoms with Crippen LogP contribution in [-0.2, 0) is 6.54 Å². The van der Waals surface area contributed by atoms with E-state index in [0.29, 0.717) is 47.0 Å². The molecule has 1 amide bonds. The Hall–Kier alpha value is -2.45. The molecule has 2 heterocycles. The van der Waals surface area contributed by atoms with Gasteiger partial charge in [-0.05, 0) is 29.5 Å². The summed E-state index contributed by atoms with van der Waals surface area (Å²) in [5.74, 6) is 0.881. The van der Waals surface area contributed by atoms with Gasteiger partial charge in [-0.25, -0.2) is 9.78 Å². The van der Waals surface area contributed by atoms with Crippen LogP contribution in [0, 0.1) is 5.41 Å². The summed E-state index contributed by atoms with van der Waals surface area (Å²) in [7, 11) is 0. The maximum atomic E-state index is 11.7. The first-order valence-corrected chi connectivity index (χ1v) is 10.4. The van der Waals surface area contributed by atoms with E-state index in [0.717, 1.165) is 5.56 Å². The van der Waals surface area contributed by atoms with Crippen molar-refractivity contribution < 1.29 is 9.90 Å². The molecule has 0 aliphatic carbocycles. The number of hydrogen-bond acceptors (Lipinski definition) is 6. The molecule has 1 fully saturated rings. The third-order valence-corrected chi connectivity index (χ3v) is 5.84. The maximum absolute atomic E-state index is 11.7. The summed E-state index contributed by atoms with van der Waals surface area (Å²) >= 11 is 12.0. The molecule has 1 aliphatic rings. The molecule has 2 atom stereocenters. The molecule has 5 N–H and O–H groups in total. The molecule has 1 saturated heterocycles. The number of amides is 1. The van der Waals surface area contributed by atoms with Gasteiger partial charge in [-0.15, -0.1) is 0 Å². The second kappa shape index (κ2) is 8.73. The van der Waals surface area contributed by atoms with E-state index in [2.05, 4.69) is 20.6 Å². The molecule has 1 unspecified atom stereocenters.